The topological polar surface area (TPSA) is 111 Å². The Bertz CT molecular complexity index is 735. The lowest BCUT2D eigenvalue weighted by atomic mass is 10.1. The number of halogens is 2. The molecule has 2 aromatic rings. The average Bonchev–Trinajstić information content (AvgIpc) is 2.45. The fourth-order valence-corrected chi connectivity index (χ4v) is 1.85. The van der Waals surface area contributed by atoms with Crippen molar-refractivity contribution in [2.45, 2.75) is 13.3 Å². The highest BCUT2D eigenvalue weighted by Crippen LogP contribution is 2.31. The maximum absolute atomic E-state index is 14.0. The van der Waals surface area contributed by atoms with Crippen LogP contribution in [0.4, 0.5) is 20.5 Å². The van der Waals surface area contributed by atoms with Gasteiger partial charge in [0, 0.05) is 5.56 Å². The van der Waals surface area contributed by atoms with Gasteiger partial charge in [0.1, 0.15) is 17.5 Å². The zero-order chi connectivity index (χ0) is 16.3. The lowest BCUT2D eigenvalue weighted by Crippen LogP contribution is -2.06. The lowest BCUT2D eigenvalue weighted by molar-refractivity contribution is 0.285. The Hall–Kier alpha value is -2.95. The van der Waals surface area contributed by atoms with E-state index in [0.29, 0.717) is 6.42 Å². The van der Waals surface area contributed by atoms with Crippen LogP contribution >= 0.6 is 0 Å². The van der Waals surface area contributed by atoms with E-state index in [1.54, 1.807) is 6.07 Å². The number of hydrogen-bond donors (Lipinski definition) is 2. The molecule has 0 aliphatic carbocycles. The second kappa shape index (κ2) is 6.22. The van der Waals surface area contributed by atoms with Gasteiger partial charge in [-0.2, -0.15) is 10.2 Å². The first-order chi connectivity index (χ1) is 10.5. The smallest absolute Gasteiger partial charge is 0.222 e. The van der Waals surface area contributed by atoms with Crippen molar-refractivity contribution in [3.63, 3.8) is 0 Å². The van der Waals surface area contributed by atoms with E-state index in [9.17, 15) is 8.78 Å². The van der Waals surface area contributed by atoms with Crippen LogP contribution in [-0.4, -0.2) is 16.6 Å². The van der Waals surface area contributed by atoms with Crippen LogP contribution < -0.4 is 16.2 Å². The molecule has 6 nitrogen and oxygen atoms in total. The minimum absolute atomic E-state index is 0.0243. The number of benzene rings is 1. The molecular weight excluding hydrogens is 292 g/mol. The molecule has 0 atom stereocenters. The summed E-state index contributed by atoms with van der Waals surface area (Å²) in [5, 5.41) is 9.10. The highest BCUT2D eigenvalue weighted by Gasteiger charge is 2.18. The summed E-state index contributed by atoms with van der Waals surface area (Å²) >= 11 is 0. The molecule has 0 spiro atoms. The third kappa shape index (κ3) is 2.88. The fraction of sp³-hybridized carbons (Fsp3) is 0.214. The summed E-state index contributed by atoms with van der Waals surface area (Å²) in [6.45, 7) is 2.00. The highest BCUT2D eigenvalue weighted by atomic mass is 19.1. The molecular formula is C14H13F2N5O. The van der Waals surface area contributed by atoms with Gasteiger partial charge in [0.2, 0.25) is 5.95 Å². The first kappa shape index (κ1) is 15.4. The molecule has 0 radical (unpaired) electrons. The third-order valence-corrected chi connectivity index (χ3v) is 2.79. The van der Waals surface area contributed by atoms with E-state index in [0.717, 1.165) is 12.1 Å². The van der Waals surface area contributed by atoms with Gasteiger partial charge in [-0.25, -0.2) is 13.8 Å². The molecule has 4 N–H and O–H groups in total. The van der Waals surface area contributed by atoms with E-state index in [1.807, 2.05) is 6.92 Å². The normalized spacial score (nSPS) is 10.3. The number of ether oxygens (including phenoxy) is 1. The summed E-state index contributed by atoms with van der Waals surface area (Å²) in [5.41, 5.74) is 10.9. The first-order valence-corrected chi connectivity index (χ1v) is 6.43. The fourth-order valence-electron chi connectivity index (χ4n) is 1.85. The van der Waals surface area contributed by atoms with Crippen LogP contribution in [0.15, 0.2) is 12.1 Å². The maximum atomic E-state index is 14.0. The number of nitrogen functional groups attached to an aromatic ring is 2. The van der Waals surface area contributed by atoms with Gasteiger partial charge in [0.15, 0.2) is 17.4 Å². The quantitative estimate of drug-likeness (QED) is 0.896. The average molecular weight is 305 g/mol. The van der Waals surface area contributed by atoms with Crippen LogP contribution in [0.3, 0.4) is 0 Å². The zero-order valence-electron chi connectivity index (χ0n) is 11.7. The van der Waals surface area contributed by atoms with E-state index in [-0.39, 0.29) is 35.2 Å². The molecule has 0 aliphatic rings. The number of nitrogens with two attached hydrogens (primary N) is 2. The van der Waals surface area contributed by atoms with Gasteiger partial charge < -0.3 is 16.2 Å². The van der Waals surface area contributed by atoms with E-state index in [1.165, 1.54) is 0 Å². The van der Waals surface area contributed by atoms with Crippen molar-refractivity contribution >= 4 is 11.8 Å². The molecule has 0 aliphatic heterocycles. The Morgan fingerprint density at radius 1 is 1.23 bits per heavy atom. The van der Waals surface area contributed by atoms with Crippen molar-refractivity contribution in [2.24, 2.45) is 0 Å². The monoisotopic (exact) mass is 305 g/mol. The molecule has 1 heterocycles. The minimum Gasteiger partial charge on any atom is -0.488 e. The molecule has 0 amide bonds. The lowest BCUT2D eigenvalue weighted by Gasteiger charge is -2.11. The van der Waals surface area contributed by atoms with Crippen LogP contribution in [0.1, 0.15) is 18.9 Å². The van der Waals surface area contributed by atoms with Crippen molar-refractivity contribution in [1.82, 2.24) is 9.97 Å². The zero-order valence-corrected chi connectivity index (χ0v) is 11.7. The molecule has 2 rings (SSSR count). The summed E-state index contributed by atoms with van der Waals surface area (Å²) in [5.74, 6) is -2.62. The van der Waals surface area contributed by atoms with Crippen molar-refractivity contribution in [3.8, 4) is 23.1 Å². The van der Waals surface area contributed by atoms with Gasteiger partial charge in [-0.15, -0.1) is 0 Å². The molecule has 0 saturated heterocycles. The van der Waals surface area contributed by atoms with Gasteiger partial charge in [0.05, 0.1) is 12.3 Å². The summed E-state index contributed by atoms with van der Waals surface area (Å²) in [7, 11) is 0. The molecule has 0 bridgehead atoms. The molecule has 1 aromatic heterocycles. The van der Waals surface area contributed by atoms with Crippen LogP contribution in [0, 0.1) is 23.0 Å². The molecule has 0 unspecified atom stereocenters. The number of anilines is 2. The Morgan fingerprint density at radius 2 is 1.86 bits per heavy atom. The SMILES string of the molecule is CCCOc1c(F)cc(-c2nc(N)nc(N)c2C#N)cc1F. The van der Waals surface area contributed by atoms with Gasteiger partial charge in [-0.3, -0.25) is 0 Å². The van der Waals surface area contributed by atoms with Crippen molar-refractivity contribution in [1.29, 1.82) is 5.26 Å². The Balaban J connectivity index is 2.58. The Morgan fingerprint density at radius 3 is 2.41 bits per heavy atom. The van der Waals surface area contributed by atoms with E-state index >= 15 is 0 Å². The number of rotatable bonds is 4. The molecule has 0 fully saturated rings. The summed E-state index contributed by atoms with van der Waals surface area (Å²) in [6.07, 6.45) is 0.609. The number of aromatic nitrogens is 2. The van der Waals surface area contributed by atoms with E-state index in [4.69, 9.17) is 21.5 Å². The van der Waals surface area contributed by atoms with Crippen LogP contribution in [0.5, 0.6) is 5.75 Å². The third-order valence-electron chi connectivity index (χ3n) is 2.79. The highest BCUT2D eigenvalue weighted by molar-refractivity contribution is 5.73. The van der Waals surface area contributed by atoms with Crippen molar-refractivity contribution in [2.75, 3.05) is 18.1 Å². The van der Waals surface area contributed by atoms with Gasteiger partial charge in [-0.1, -0.05) is 6.92 Å². The summed E-state index contributed by atoms with van der Waals surface area (Å²) in [6, 6.07) is 3.82. The molecule has 0 saturated carbocycles. The minimum atomic E-state index is -0.900. The predicted molar refractivity (Wildman–Crippen MR) is 76.7 cm³/mol. The maximum Gasteiger partial charge on any atom is 0.222 e. The molecule has 22 heavy (non-hydrogen) atoms. The second-order valence-corrected chi connectivity index (χ2v) is 4.42. The van der Waals surface area contributed by atoms with Gasteiger partial charge in [-0.05, 0) is 18.6 Å². The second-order valence-electron chi connectivity index (χ2n) is 4.42. The van der Waals surface area contributed by atoms with Crippen molar-refractivity contribution in [3.05, 3.63) is 29.3 Å². The van der Waals surface area contributed by atoms with Crippen LogP contribution in [-0.2, 0) is 0 Å². The molecule has 8 heteroatoms. The Kier molecular flexibility index (Phi) is 4.36. The van der Waals surface area contributed by atoms with Crippen molar-refractivity contribution < 1.29 is 13.5 Å². The standard InChI is InChI=1S/C14H13F2N5O/c1-2-3-22-12-9(15)4-7(5-10(12)16)11-8(6-17)13(18)21-14(19)20-11/h4-5H,2-3H2,1H3,(H4,18,19,20,21). The van der Waals surface area contributed by atoms with Crippen LogP contribution in [0.25, 0.3) is 11.3 Å². The van der Waals surface area contributed by atoms with E-state index < -0.39 is 17.4 Å². The summed E-state index contributed by atoms with van der Waals surface area (Å²) in [4.78, 5) is 7.48. The predicted octanol–water partition coefficient (Wildman–Crippen LogP) is 2.25. The van der Waals surface area contributed by atoms with E-state index in [2.05, 4.69) is 9.97 Å². The number of nitrogens with zero attached hydrogens (tertiary/aromatic N) is 3. The largest absolute Gasteiger partial charge is 0.488 e. The molecule has 114 valence electrons. The molecule has 1 aromatic carbocycles. The first-order valence-electron chi connectivity index (χ1n) is 6.43. The van der Waals surface area contributed by atoms with Gasteiger partial charge in [0.25, 0.3) is 0 Å². The number of hydrogen-bond acceptors (Lipinski definition) is 6. The summed E-state index contributed by atoms with van der Waals surface area (Å²) < 4.78 is 33.0. The number of nitriles is 1. The Labute approximate surface area is 125 Å². The van der Waals surface area contributed by atoms with Crippen LogP contribution in [0.2, 0.25) is 0 Å². The van der Waals surface area contributed by atoms with Gasteiger partial charge >= 0.3 is 0 Å².